The van der Waals surface area contributed by atoms with Gasteiger partial charge in [0.2, 0.25) is 0 Å². The molecule has 5 nitrogen and oxygen atoms in total. The standard InChI is InChI=1S/C20H25N5.HI/c1-2-21-20(23-15-16-9-4-3-5-10-16)22-14-8-13-19-24-17-11-6-7-12-18(17)25-19;/h3-7,9-12H,2,8,13-15H2,1H3,(H,24,25)(H2,21,22,23);1H. The molecule has 0 aliphatic carbocycles. The summed E-state index contributed by atoms with van der Waals surface area (Å²) in [4.78, 5) is 12.6. The molecule has 0 spiro atoms. The number of aromatic amines is 1. The zero-order valence-electron chi connectivity index (χ0n) is 15.0. The SMILES string of the molecule is CCNC(=NCc1ccccc1)NCCCc1nc2ccccc2[nH]1.I. The van der Waals surface area contributed by atoms with Crippen LogP contribution in [-0.4, -0.2) is 29.0 Å². The van der Waals surface area contributed by atoms with E-state index in [9.17, 15) is 0 Å². The molecule has 26 heavy (non-hydrogen) atoms. The van der Waals surface area contributed by atoms with Crippen molar-refractivity contribution in [2.24, 2.45) is 4.99 Å². The lowest BCUT2D eigenvalue weighted by Crippen LogP contribution is -2.37. The molecule has 0 bridgehead atoms. The molecule has 0 aliphatic heterocycles. The summed E-state index contributed by atoms with van der Waals surface area (Å²) in [6, 6.07) is 18.4. The van der Waals surface area contributed by atoms with Crippen LogP contribution in [0, 0.1) is 0 Å². The Morgan fingerprint density at radius 2 is 1.81 bits per heavy atom. The van der Waals surface area contributed by atoms with Gasteiger partial charge in [-0.25, -0.2) is 9.98 Å². The summed E-state index contributed by atoms with van der Waals surface area (Å²) < 4.78 is 0. The molecule has 0 unspecified atom stereocenters. The third kappa shape index (κ3) is 6.01. The maximum absolute atomic E-state index is 4.63. The topological polar surface area (TPSA) is 65.1 Å². The number of rotatable bonds is 7. The average molecular weight is 463 g/mol. The first-order valence-corrected chi connectivity index (χ1v) is 8.85. The minimum atomic E-state index is 0. The molecular formula is C20H26IN5. The highest BCUT2D eigenvalue weighted by Crippen LogP contribution is 2.11. The normalized spacial score (nSPS) is 11.2. The van der Waals surface area contributed by atoms with E-state index in [4.69, 9.17) is 0 Å². The summed E-state index contributed by atoms with van der Waals surface area (Å²) in [6.07, 6.45) is 1.91. The molecule has 0 fully saturated rings. The zero-order chi connectivity index (χ0) is 17.3. The van der Waals surface area contributed by atoms with Gasteiger partial charge < -0.3 is 15.6 Å². The predicted octanol–water partition coefficient (Wildman–Crippen LogP) is 3.87. The fourth-order valence-electron chi connectivity index (χ4n) is 2.68. The van der Waals surface area contributed by atoms with E-state index in [2.05, 4.69) is 50.7 Å². The van der Waals surface area contributed by atoms with Gasteiger partial charge in [0.25, 0.3) is 0 Å². The molecule has 1 heterocycles. The van der Waals surface area contributed by atoms with Gasteiger partial charge in [-0.05, 0) is 31.0 Å². The van der Waals surface area contributed by atoms with Crippen LogP contribution < -0.4 is 10.6 Å². The number of aliphatic imine (C=N–C) groups is 1. The number of nitrogens with one attached hydrogen (secondary N) is 3. The first-order chi connectivity index (χ1) is 12.3. The van der Waals surface area contributed by atoms with E-state index >= 15 is 0 Å². The van der Waals surface area contributed by atoms with Crippen LogP contribution in [0.1, 0.15) is 24.7 Å². The molecule has 0 radical (unpaired) electrons. The molecule has 138 valence electrons. The van der Waals surface area contributed by atoms with Gasteiger partial charge in [0, 0.05) is 19.5 Å². The van der Waals surface area contributed by atoms with Crippen molar-refractivity contribution in [2.45, 2.75) is 26.3 Å². The smallest absolute Gasteiger partial charge is 0.191 e. The summed E-state index contributed by atoms with van der Waals surface area (Å²) >= 11 is 0. The monoisotopic (exact) mass is 463 g/mol. The van der Waals surface area contributed by atoms with Gasteiger partial charge in [-0.2, -0.15) is 0 Å². The summed E-state index contributed by atoms with van der Waals surface area (Å²) in [6.45, 7) is 4.47. The largest absolute Gasteiger partial charge is 0.357 e. The fourth-order valence-corrected chi connectivity index (χ4v) is 2.68. The highest BCUT2D eigenvalue weighted by atomic mass is 127. The number of aromatic nitrogens is 2. The molecule has 3 N–H and O–H groups in total. The van der Waals surface area contributed by atoms with Gasteiger partial charge in [-0.3, -0.25) is 0 Å². The van der Waals surface area contributed by atoms with Crippen LogP contribution in [0.5, 0.6) is 0 Å². The van der Waals surface area contributed by atoms with Crippen LogP contribution in [0.25, 0.3) is 11.0 Å². The quantitative estimate of drug-likeness (QED) is 0.216. The number of para-hydroxylation sites is 2. The van der Waals surface area contributed by atoms with Crippen molar-refractivity contribution in [3.63, 3.8) is 0 Å². The molecule has 1 aromatic heterocycles. The van der Waals surface area contributed by atoms with Crippen LogP contribution in [0.2, 0.25) is 0 Å². The predicted molar refractivity (Wildman–Crippen MR) is 119 cm³/mol. The lowest BCUT2D eigenvalue weighted by Gasteiger charge is -2.11. The second kappa shape index (κ2) is 10.8. The molecular weight excluding hydrogens is 437 g/mol. The first-order valence-electron chi connectivity index (χ1n) is 8.85. The van der Waals surface area contributed by atoms with Crippen LogP contribution in [0.15, 0.2) is 59.6 Å². The second-order valence-corrected chi connectivity index (χ2v) is 5.91. The van der Waals surface area contributed by atoms with E-state index in [0.29, 0.717) is 6.54 Å². The van der Waals surface area contributed by atoms with E-state index in [1.54, 1.807) is 0 Å². The first kappa shape index (κ1) is 20.2. The van der Waals surface area contributed by atoms with E-state index < -0.39 is 0 Å². The highest BCUT2D eigenvalue weighted by Gasteiger charge is 2.02. The Morgan fingerprint density at radius 3 is 2.58 bits per heavy atom. The van der Waals surface area contributed by atoms with Gasteiger partial charge in [0.1, 0.15) is 5.82 Å². The Hall–Kier alpha value is -2.09. The Balaban J connectivity index is 0.00000243. The maximum Gasteiger partial charge on any atom is 0.191 e. The molecule has 2 aromatic carbocycles. The lowest BCUT2D eigenvalue weighted by molar-refractivity contribution is 0.727. The Morgan fingerprint density at radius 1 is 1.04 bits per heavy atom. The number of hydrogen-bond acceptors (Lipinski definition) is 2. The Labute approximate surface area is 171 Å². The van der Waals surface area contributed by atoms with Gasteiger partial charge in [-0.1, -0.05) is 42.5 Å². The van der Waals surface area contributed by atoms with Crippen molar-refractivity contribution < 1.29 is 0 Å². The lowest BCUT2D eigenvalue weighted by atomic mass is 10.2. The number of fused-ring (bicyclic) bond motifs is 1. The number of halogens is 1. The molecule has 3 aromatic rings. The van der Waals surface area contributed by atoms with E-state index in [-0.39, 0.29) is 24.0 Å². The van der Waals surface area contributed by atoms with Crippen molar-refractivity contribution in [2.75, 3.05) is 13.1 Å². The zero-order valence-corrected chi connectivity index (χ0v) is 17.4. The number of benzene rings is 2. The third-order valence-corrected chi connectivity index (χ3v) is 3.93. The highest BCUT2D eigenvalue weighted by molar-refractivity contribution is 14.0. The summed E-state index contributed by atoms with van der Waals surface area (Å²) in [5, 5.41) is 6.68. The number of aryl methyl sites for hydroxylation is 1. The van der Waals surface area contributed by atoms with Gasteiger partial charge >= 0.3 is 0 Å². The van der Waals surface area contributed by atoms with Crippen LogP contribution in [0.3, 0.4) is 0 Å². The number of H-pyrrole nitrogens is 1. The van der Waals surface area contributed by atoms with Crippen molar-refractivity contribution >= 4 is 41.0 Å². The molecule has 0 aliphatic rings. The van der Waals surface area contributed by atoms with Crippen molar-refractivity contribution in [3.05, 3.63) is 66.0 Å². The minimum absolute atomic E-state index is 0. The summed E-state index contributed by atoms with van der Waals surface area (Å²) in [5.41, 5.74) is 3.34. The number of hydrogen-bond donors (Lipinski definition) is 3. The molecule has 0 amide bonds. The van der Waals surface area contributed by atoms with Gasteiger partial charge in [0.15, 0.2) is 5.96 Å². The van der Waals surface area contributed by atoms with E-state index in [1.165, 1.54) is 5.56 Å². The molecule has 0 atom stereocenters. The van der Waals surface area contributed by atoms with Crippen LogP contribution in [-0.2, 0) is 13.0 Å². The molecule has 6 heteroatoms. The maximum atomic E-state index is 4.63. The summed E-state index contributed by atoms with van der Waals surface area (Å²) in [5.74, 6) is 1.89. The minimum Gasteiger partial charge on any atom is -0.357 e. The van der Waals surface area contributed by atoms with Crippen molar-refractivity contribution in [1.29, 1.82) is 0 Å². The molecule has 3 rings (SSSR count). The van der Waals surface area contributed by atoms with Gasteiger partial charge in [-0.15, -0.1) is 24.0 Å². The van der Waals surface area contributed by atoms with Crippen LogP contribution >= 0.6 is 24.0 Å². The van der Waals surface area contributed by atoms with Crippen molar-refractivity contribution in [1.82, 2.24) is 20.6 Å². The Kier molecular flexibility index (Phi) is 8.40. The third-order valence-electron chi connectivity index (χ3n) is 3.93. The summed E-state index contributed by atoms with van der Waals surface area (Å²) in [7, 11) is 0. The average Bonchev–Trinajstić information content (AvgIpc) is 3.07. The fraction of sp³-hybridized carbons (Fsp3) is 0.300. The molecule has 0 saturated carbocycles. The number of nitrogens with zero attached hydrogens (tertiary/aromatic N) is 2. The van der Waals surface area contributed by atoms with Crippen molar-refractivity contribution in [3.8, 4) is 0 Å². The molecule has 0 saturated heterocycles. The Bertz CT molecular complexity index is 780. The van der Waals surface area contributed by atoms with E-state index in [1.807, 2.05) is 36.4 Å². The second-order valence-electron chi connectivity index (χ2n) is 5.91. The number of guanidine groups is 1. The van der Waals surface area contributed by atoms with E-state index in [0.717, 1.165) is 48.7 Å². The number of imidazole rings is 1. The van der Waals surface area contributed by atoms with Gasteiger partial charge in [0.05, 0.1) is 17.6 Å². The van der Waals surface area contributed by atoms with Crippen LogP contribution in [0.4, 0.5) is 0 Å².